The SMILES string of the molecule is NCc1n[nH]c(=O)c2cc(C3CCCO3)ccc12. The number of nitrogens with zero attached hydrogens (tertiary/aromatic N) is 1. The van der Waals surface area contributed by atoms with Crippen molar-refractivity contribution >= 4 is 10.8 Å². The molecule has 0 saturated carbocycles. The third-order valence-electron chi connectivity index (χ3n) is 3.39. The predicted octanol–water partition coefficient (Wildman–Crippen LogP) is 1.23. The number of hydrogen-bond donors (Lipinski definition) is 2. The van der Waals surface area contributed by atoms with E-state index in [0.717, 1.165) is 30.4 Å². The number of fused-ring (bicyclic) bond motifs is 1. The molecule has 1 saturated heterocycles. The summed E-state index contributed by atoms with van der Waals surface area (Å²) in [5.74, 6) is 0. The van der Waals surface area contributed by atoms with E-state index in [4.69, 9.17) is 10.5 Å². The number of nitrogens with one attached hydrogen (secondary N) is 1. The highest BCUT2D eigenvalue weighted by Crippen LogP contribution is 2.30. The number of hydrogen-bond acceptors (Lipinski definition) is 4. The summed E-state index contributed by atoms with van der Waals surface area (Å²) in [4.78, 5) is 11.8. The fourth-order valence-corrected chi connectivity index (χ4v) is 2.44. The maximum Gasteiger partial charge on any atom is 0.272 e. The highest BCUT2D eigenvalue weighted by atomic mass is 16.5. The maximum atomic E-state index is 11.8. The van der Waals surface area contributed by atoms with E-state index in [-0.39, 0.29) is 11.7 Å². The molecule has 1 aliphatic heterocycles. The molecule has 1 aromatic carbocycles. The van der Waals surface area contributed by atoms with Crippen LogP contribution < -0.4 is 11.3 Å². The Kier molecular flexibility index (Phi) is 2.85. The Hall–Kier alpha value is -1.72. The molecular weight excluding hydrogens is 230 g/mol. The fourth-order valence-electron chi connectivity index (χ4n) is 2.44. The first-order valence-electron chi connectivity index (χ1n) is 6.12. The Balaban J connectivity index is 2.16. The van der Waals surface area contributed by atoms with Crippen LogP contribution in [0.25, 0.3) is 10.8 Å². The number of nitrogens with two attached hydrogens (primary N) is 1. The average Bonchev–Trinajstić information content (AvgIpc) is 2.93. The van der Waals surface area contributed by atoms with Gasteiger partial charge in [-0.1, -0.05) is 12.1 Å². The van der Waals surface area contributed by atoms with Gasteiger partial charge in [-0.2, -0.15) is 5.10 Å². The number of aromatic amines is 1. The van der Waals surface area contributed by atoms with E-state index in [1.165, 1.54) is 0 Å². The van der Waals surface area contributed by atoms with Crippen molar-refractivity contribution in [3.8, 4) is 0 Å². The average molecular weight is 245 g/mol. The number of aromatic nitrogens is 2. The van der Waals surface area contributed by atoms with E-state index in [0.29, 0.717) is 17.6 Å². The molecule has 5 heteroatoms. The van der Waals surface area contributed by atoms with Gasteiger partial charge in [0.25, 0.3) is 5.56 Å². The molecule has 94 valence electrons. The number of ether oxygens (including phenoxy) is 1. The standard InChI is InChI=1S/C13H15N3O2/c14-7-11-9-4-3-8(12-2-1-5-18-12)6-10(9)13(17)16-15-11/h3-4,6,12H,1-2,5,7,14H2,(H,16,17). The van der Waals surface area contributed by atoms with Gasteiger partial charge in [0.15, 0.2) is 0 Å². The monoisotopic (exact) mass is 245 g/mol. The number of H-pyrrole nitrogens is 1. The van der Waals surface area contributed by atoms with Gasteiger partial charge in [-0.05, 0) is 24.5 Å². The van der Waals surface area contributed by atoms with Crippen LogP contribution in [0, 0.1) is 0 Å². The van der Waals surface area contributed by atoms with Crippen molar-refractivity contribution in [2.24, 2.45) is 5.73 Å². The van der Waals surface area contributed by atoms with Crippen molar-refractivity contribution < 1.29 is 4.74 Å². The summed E-state index contributed by atoms with van der Waals surface area (Å²) >= 11 is 0. The van der Waals surface area contributed by atoms with Crippen molar-refractivity contribution in [3.63, 3.8) is 0 Å². The van der Waals surface area contributed by atoms with Crippen LogP contribution in [0.4, 0.5) is 0 Å². The topological polar surface area (TPSA) is 81.0 Å². The first-order chi connectivity index (χ1) is 8.79. The zero-order valence-electron chi connectivity index (χ0n) is 9.98. The predicted molar refractivity (Wildman–Crippen MR) is 68.2 cm³/mol. The lowest BCUT2D eigenvalue weighted by molar-refractivity contribution is 0.112. The lowest BCUT2D eigenvalue weighted by Gasteiger charge is -2.11. The molecule has 0 spiro atoms. The van der Waals surface area contributed by atoms with E-state index in [1.807, 2.05) is 18.2 Å². The number of benzene rings is 1. The van der Waals surface area contributed by atoms with Crippen molar-refractivity contribution in [1.29, 1.82) is 0 Å². The molecule has 0 aliphatic carbocycles. The van der Waals surface area contributed by atoms with Gasteiger partial charge < -0.3 is 10.5 Å². The molecule has 0 amide bonds. The molecule has 1 aliphatic rings. The van der Waals surface area contributed by atoms with Crippen molar-refractivity contribution in [2.75, 3.05) is 6.61 Å². The third-order valence-corrected chi connectivity index (χ3v) is 3.39. The summed E-state index contributed by atoms with van der Waals surface area (Å²) in [6.07, 6.45) is 2.20. The number of rotatable bonds is 2. The van der Waals surface area contributed by atoms with E-state index in [1.54, 1.807) is 0 Å². The molecule has 3 N–H and O–H groups in total. The summed E-state index contributed by atoms with van der Waals surface area (Å²) in [5, 5.41) is 7.90. The first kappa shape index (κ1) is 11.4. The lowest BCUT2D eigenvalue weighted by Crippen LogP contribution is -2.13. The van der Waals surface area contributed by atoms with Crippen LogP contribution >= 0.6 is 0 Å². The van der Waals surface area contributed by atoms with Gasteiger partial charge in [-0.3, -0.25) is 4.79 Å². The van der Waals surface area contributed by atoms with Crippen LogP contribution in [0.15, 0.2) is 23.0 Å². The molecule has 2 heterocycles. The minimum absolute atomic E-state index is 0.114. The molecular formula is C13H15N3O2. The zero-order chi connectivity index (χ0) is 12.5. The maximum absolute atomic E-state index is 11.8. The Morgan fingerprint density at radius 2 is 2.33 bits per heavy atom. The first-order valence-corrected chi connectivity index (χ1v) is 6.12. The second kappa shape index (κ2) is 4.51. The fraction of sp³-hybridized carbons (Fsp3) is 0.385. The molecule has 0 radical (unpaired) electrons. The summed E-state index contributed by atoms with van der Waals surface area (Å²) in [7, 11) is 0. The molecule has 2 aromatic rings. The quantitative estimate of drug-likeness (QED) is 0.834. The lowest BCUT2D eigenvalue weighted by atomic mass is 10.0. The van der Waals surface area contributed by atoms with E-state index in [9.17, 15) is 4.79 Å². The van der Waals surface area contributed by atoms with Crippen molar-refractivity contribution in [1.82, 2.24) is 10.2 Å². The van der Waals surface area contributed by atoms with E-state index < -0.39 is 0 Å². The Bertz CT molecular complexity index is 630. The second-order valence-corrected chi connectivity index (χ2v) is 4.51. The van der Waals surface area contributed by atoms with Crippen LogP contribution in [-0.4, -0.2) is 16.8 Å². The Morgan fingerprint density at radius 3 is 3.06 bits per heavy atom. The van der Waals surface area contributed by atoms with Crippen molar-refractivity contribution in [2.45, 2.75) is 25.5 Å². The highest BCUT2D eigenvalue weighted by Gasteiger charge is 2.18. The van der Waals surface area contributed by atoms with Gasteiger partial charge in [-0.25, -0.2) is 5.10 Å². The van der Waals surface area contributed by atoms with E-state index >= 15 is 0 Å². The van der Waals surface area contributed by atoms with Gasteiger partial charge in [0, 0.05) is 18.5 Å². The van der Waals surface area contributed by atoms with Crippen LogP contribution in [-0.2, 0) is 11.3 Å². The molecule has 3 rings (SSSR count). The van der Waals surface area contributed by atoms with Gasteiger partial charge >= 0.3 is 0 Å². The summed E-state index contributed by atoms with van der Waals surface area (Å²) in [6, 6.07) is 5.81. The Labute approximate surface area is 104 Å². The van der Waals surface area contributed by atoms with Crippen LogP contribution in [0.2, 0.25) is 0 Å². The zero-order valence-corrected chi connectivity index (χ0v) is 9.98. The van der Waals surface area contributed by atoms with Crippen molar-refractivity contribution in [3.05, 3.63) is 39.8 Å². The second-order valence-electron chi connectivity index (χ2n) is 4.51. The van der Waals surface area contributed by atoms with Crippen LogP contribution in [0.3, 0.4) is 0 Å². The molecule has 1 fully saturated rings. The molecule has 1 unspecified atom stereocenters. The Morgan fingerprint density at radius 1 is 1.44 bits per heavy atom. The molecule has 18 heavy (non-hydrogen) atoms. The summed E-state index contributed by atoms with van der Waals surface area (Å²) < 4.78 is 5.63. The summed E-state index contributed by atoms with van der Waals surface area (Å²) in [6.45, 7) is 1.11. The van der Waals surface area contributed by atoms with Crippen LogP contribution in [0.1, 0.15) is 30.2 Å². The molecule has 5 nitrogen and oxygen atoms in total. The molecule has 1 aromatic heterocycles. The van der Waals surface area contributed by atoms with E-state index in [2.05, 4.69) is 10.2 Å². The van der Waals surface area contributed by atoms with Gasteiger partial charge in [0.05, 0.1) is 17.2 Å². The smallest absolute Gasteiger partial charge is 0.272 e. The largest absolute Gasteiger partial charge is 0.374 e. The summed E-state index contributed by atoms with van der Waals surface area (Å²) in [5.41, 5.74) is 7.21. The molecule has 1 atom stereocenters. The third kappa shape index (κ3) is 1.81. The molecule has 0 bridgehead atoms. The van der Waals surface area contributed by atoms with Gasteiger partial charge in [0.2, 0.25) is 0 Å². The minimum atomic E-state index is -0.179. The van der Waals surface area contributed by atoms with Gasteiger partial charge in [0.1, 0.15) is 0 Å². The highest BCUT2D eigenvalue weighted by molar-refractivity contribution is 5.84. The van der Waals surface area contributed by atoms with Crippen LogP contribution in [0.5, 0.6) is 0 Å². The minimum Gasteiger partial charge on any atom is -0.374 e. The van der Waals surface area contributed by atoms with Gasteiger partial charge in [-0.15, -0.1) is 0 Å². The normalized spacial score (nSPS) is 19.5.